The highest BCUT2D eigenvalue weighted by Crippen LogP contribution is 2.29. The molecule has 0 aliphatic rings. The normalized spacial score (nSPS) is 10.3. The predicted octanol–water partition coefficient (Wildman–Crippen LogP) is 3.65. The third-order valence-corrected chi connectivity index (χ3v) is 2.26. The molecule has 0 aromatic heterocycles. The molecule has 4 heteroatoms. The van der Waals surface area contributed by atoms with Crippen molar-refractivity contribution in [2.75, 3.05) is 5.73 Å². The molecular weight excluding hydrogens is 224 g/mol. The Kier molecular flexibility index (Phi) is 2.95. The van der Waals surface area contributed by atoms with Crippen molar-refractivity contribution >= 4 is 5.69 Å². The average Bonchev–Trinajstić information content (AvgIpc) is 2.26. The van der Waals surface area contributed by atoms with Crippen molar-refractivity contribution in [1.82, 2.24) is 0 Å². The molecular formula is C13H11F2NO. The maximum Gasteiger partial charge on any atom is 0.198 e. The van der Waals surface area contributed by atoms with Crippen molar-refractivity contribution in [2.24, 2.45) is 0 Å². The Morgan fingerprint density at radius 2 is 1.53 bits per heavy atom. The van der Waals surface area contributed by atoms with Gasteiger partial charge in [0, 0.05) is 17.8 Å². The number of nitrogen functional groups attached to an aromatic ring is 1. The Bertz CT molecular complexity index is 515. The highest BCUT2D eigenvalue weighted by Gasteiger charge is 2.12. The molecule has 0 bridgehead atoms. The molecule has 2 N–H and O–H groups in total. The molecule has 0 aliphatic heterocycles. The number of hydrogen-bond acceptors (Lipinski definition) is 2. The van der Waals surface area contributed by atoms with Crippen molar-refractivity contribution in [2.45, 2.75) is 6.92 Å². The SMILES string of the molecule is Cc1ccc(Oc2c(F)cc(N)cc2F)cc1. The Morgan fingerprint density at radius 3 is 2.06 bits per heavy atom. The van der Waals surface area contributed by atoms with Crippen LogP contribution in [0.4, 0.5) is 14.5 Å². The molecule has 0 heterocycles. The number of hydrogen-bond donors (Lipinski definition) is 1. The lowest BCUT2D eigenvalue weighted by Crippen LogP contribution is -1.95. The average molecular weight is 235 g/mol. The van der Waals surface area contributed by atoms with E-state index in [1.165, 1.54) is 0 Å². The fraction of sp³-hybridized carbons (Fsp3) is 0.0769. The third kappa shape index (κ3) is 2.53. The molecule has 0 saturated heterocycles. The van der Waals surface area contributed by atoms with E-state index in [0.717, 1.165) is 17.7 Å². The van der Waals surface area contributed by atoms with Crippen LogP contribution in [0, 0.1) is 18.6 Å². The second-order valence-electron chi connectivity index (χ2n) is 3.73. The fourth-order valence-corrected chi connectivity index (χ4v) is 1.40. The van der Waals surface area contributed by atoms with Crippen LogP contribution in [0.2, 0.25) is 0 Å². The summed E-state index contributed by atoms with van der Waals surface area (Å²) in [5.74, 6) is -1.70. The van der Waals surface area contributed by atoms with Gasteiger partial charge in [-0.1, -0.05) is 17.7 Å². The summed E-state index contributed by atoms with van der Waals surface area (Å²) in [6, 6.07) is 8.92. The summed E-state index contributed by atoms with van der Waals surface area (Å²) in [6.45, 7) is 1.91. The molecule has 0 atom stereocenters. The summed E-state index contributed by atoms with van der Waals surface area (Å²) in [7, 11) is 0. The monoisotopic (exact) mass is 235 g/mol. The van der Waals surface area contributed by atoms with Gasteiger partial charge in [0.2, 0.25) is 0 Å². The minimum Gasteiger partial charge on any atom is -0.451 e. The number of anilines is 1. The number of nitrogens with two attached hydrogens (primary N) is 1. The first-order valence-corrected chi connectivity index (χ1v) is 5.05. The lowest BCUT2D eigenvalue weighted by atomic mass is 10.2. The van der Waals surface area contributed by atoms with E-state index in [1.807, 2.05) is 6.92 Å². The maximum absolute atomic E-state index is 13.4. The van der Waals surface area contributed by atoms with Gasteiger partial charge in [-0.2, -0.15) is 0 Å². The predicted molar refractivity (Wildman–Crippen MR) is 62.0 cm³/mol. The number of ether oxygens (including phenoxy) is 1. The zero-order chi connectivity index (χ0) is 12.4. The number of aryl methyl sites for hydroxylation is 1. The van der Waals surface area contributed by atoms with E-state index in [9.17, 15) is 8.78 Å². The van der Waals surface area contributed by atoms with Crippen LogP contribution in [-0.4, -0.2) is 0 Å². The van der Waals surface area contributed by atoms with E-state index < -0.39 is 17.4 Å². The van der Waals surface area contributed by atoms with Crippen molar-refractivity contribution in [3.8, 4) is 11.5 Å². The van der Waals surface area contributed by atoms with Crippen LogP contribution in [0.5, 0.6) is 11.5 Å². The summed E-state index contributed by atoms with van der Waals surface area (Å²) in [5, 5.41) is 0. The van der Waals surface area contributed by atoms with Gasteiger partial charge in [0.15, 0.2) is 17.4 Å². The first kappa shape index (κ1) is 11.4. The number of rotatable bonds is 2. The second kappa shape index (κ2) is 4.41. The summed E-state index contributed by atoms with van der Waals surface area (Å²) >= 11 is 0. The third-order valence-electron chi connectivity index (χ3n) is 2.26. The lowest BCUT2D eigenvalue weighted by molar-refractivity contribution is 0.408. The summed E-state index contributed by atoms with van der Waals surface area (Å²) < 4.78 is 32.0. The molecule has 2 rings (SSSR count). The standard InChI is InChI=1S/C13H11F2NO/c1-8-2-4-10(5-3-8)17-13-11(14)6-9(16)7-12(13)15/h2-7H,16H2,1H3. The summed E-state index contributed by atoms with van der Waals surface area (Å²) in [5.41, 5.74) is 6.37. The summed E-state index contributed by atoms with van der Waals surface area (Å²) in [6.07, 6.45) is 0. The van der Waals surface area contributed by atoms with Gasteiger partial charge in [0.25, 0.3) is 0 Å². The molecule has 88 valence electrons. The zero-order valence-corrected chi connectivity index (χ0v) is 9.21. The second-order valence-corrected chi connectivity index (χ2v) is 3.73. The van der Waals surface area contributed by atoms with E-state index in [2.05, 4.69) is 0 Å². The molecule has 0 amide bonds. The lowest BCUT2D eigenvalue weighted by Gasteiger charge is -2.08. The highest BCUT2D eigenvalue weighted by molar-refractivity contribution is 5.45. The Hall–Kier alpha value is -2.10. The van der Waals surface area contributed by atoms with Gasteiger partial charge in [-0.3, -0.25) is 0 Å². The van der Waals surface area contributed by atoms with Crippen LogP contribution in [0.25, 0.3) is 0 Å². The zero-order valence-electron chi connectivity index (χ0n) is 9.21. The van der Waals surface area contributed by atoms with Crippen molar-refractivity contribution in [1.29, 1.82) is 0 Å². The van der Waals surface area contributed by atoms with Crippen LogP contribution < -0.4 is 10.5 Å². The molecule has 17 heavy (non-hydrogen) atoms. The smallest absolute Gasteiger partial charge is 0.198 e. The van der Waals surface area contributed by atoms with Crippen LogP contribution in [0.3, 0.4) is 0 Å². The maximum atomic E-state index is 13.4. The molecule has 2 aromatic rings. The van der Waals surface area contributed by atoms with Gasteiger partial charge in [-0.15, -0.1) is 0 Å². The minimum absolute atomic E-state index is 0.0243. The Morgan fingerprint density at radius 1 is 1.00 bits per heavy atom. The molecule has 0 aliphatic carbocycles. The van der Waals surface area contributed by atoms with Crippen molar-refractivity contribution in [3.05, 3.63) is 53.6 Å². The van der Waals surface area contributed by atoms with Crippen LogP contribution in [0.15, 0.2) is 36.4 Å². The molecule has 0 unspecified atom stereocenters. The van der Waals surface area contributed by atoms with Crippen LogP contribution in [0.1, 0.15) is 5.56 Å². The molecule has 2 aromatic carbocycles. The van der Waals surface area contributed by atoms with E-state index >= 15 is 0 Å². The summed E-state index contributed by atoms with van der Waals surface area (Å²) in [4.78, 5) is 0. The van der Waals surface area contributed by atoms with Gasteiger partial charge in [-0.05, 0) is 19.1 Å². The van der Waals surface area contributed by atoms with Gasteiger partial charge in [0.1, 0.15) is 5.75 Å². The van der Waals surface area contributed by atoms with Gasteiger partial charge >= 0.3 is 0 Å². The van der Waals surface area contributed by atoms with E-state index in [1.54, 1.807) is 24.3 Å². The van der Waals surface area contributed by atoms with Crippen LogP contribution >= 0.6 is 0 Å². The van der Waals surface area contributed by atoms with E-state index in [0.29, 0.717) is 5.75 Å². The van der Waals surface area contributed by atoms with Gasteiger partial charge in [-0.25, -0.2) is 8.78 Å². The quantitative estimate of drug-likeness (QED) is 0.806. The first-order chi connectivity index (χ1) is 8.06. The van der Waals surface area contributed by atoms with Crippen LogP contribution in [-0.2, 0) is 0 Å². The fourth-order valence-electron chi connectivity index (χ4n) is 1.40. The van der Waals surface area contributed by atoms with E-state index in [-0.39, 0.29) is 5.69 Å². The van der Waals surface area contributed by atoms with Gasteiger partial charge in [0.05, 0.1) is 0 Å². The Labute approximate surface area is 97.6 Å². The highest BCUT2D eigenvalue weighted by atomic mass is 19.1. The topological polar surface area (TPSA) is 35.2 Å². The van der Waals surface area contributed by atoms with Crippen molar-refractivity contribution < 1.29 is 13.5 Å². The van der Waals surface area contributed by atoms with E-state index in [4.69, 9.17) is 10.5 Å². The molecule has 0 fully saturated rings. The first-order valence-electron chi connectivity index (χ1n) is 5.05. The Balaban J connectivity index is 2.33. The minimum atomic E-state index is -0.817. The largest absolute Gasteiger partial charge is 0.451 e. The number of benzene rings is 2. The van der Waals surface area contributed by atoms with Gasteiger partial charge < -0.3 is 10.5 Å². The molecule has 2 nitrogen and oxygen atoms in total. The number of halogens is 2. The molecule has 0 saturated carbocycles. The molecule has 0 radical (unpaired) electrons. The molecule has 0 spiro atoms. The van der Waals surface area contributed by atoms with Crippen molar-refractivity contribution in [3.63, 3.8) is 0 Å².